The fourth-order valence-electron chi connectivity index (χ4n) is 4.40. The van der Waals surface area contributed by atoms with Gasteiger partial charge in [-0.3, -0.25) is 19.4 Å². The van der Waals surface area contributed by atoms with Crippen molar-refractivity contribution in [1.29, 1.82) is 0 Å². The highest BCUT2D eigenvalue weighted by atomic mass is 32.2. The Labute approximate surface area is 221 Å². The van der Waals surface area contributed by atoms with Crippen LogP contribution in [0, 0.1) is 5.92 Å². The van der Waals surface area contributed by atoms with E-state index in [1.54, 1.807) is 24.4 Å². The van der Waals surface area contributed by atoms with E-state index in [0.717, 1.165) is 15.1 Å². The Kier molecular flexibility index (Phi) is 8.48. The minimum absolute atomic E-state index is 0.0828. The molecule has 0 spiro atoms. The first-order chi connectivity index (χ1) is 18.1. The van der Waals surface area contributed by atoms with Crippen LogP contribution in [0.1, 0.15) is 43.6 Å². The zero-order valence-corrected chi connectivity index (χ0v) is 22.1. The van der Waals surface area contributed by atoms with Crippen LogP contribution in [0.2, 0.25) is 0 Å². The molecule has 4 rings (SSSR count). The van der Waals surface area contributed by atoms with Crippen molar-refractivity contribution in [2.45, 2.75) is 50.2 Å². The monoisotopic (exact) mass is 537 g/mol. The van der Waals surface area contributed by atoms with Gasteiger partial charge in [0.1, 0.15) is 11.7 Å². The van der Waals surface area contributed by atoms with Crippen LogP contribution in [-0.4, -0.2) is 65.5 Å². The normalized spacial score (nSPS) is 17.7. The summed E-state index contributed by atoms with van der Waals surface area (Å²) >= 11 is 0. The Hall–Kier alpha value is -3.70. The maximum atomic E-state index is 13.2. The molecule has 1 unspecified atom stereocenters. The van der Waals surface area contributed by atoms with Crippen LogP contribution in [0.25, 0.3) is 10.8 Å². The second-order valence-electron chi connectivity index (χ2n) is 9.75. The van der Waals surface area contributed by atoms with Crippen molar-refractivity contribution in [2.75, 3.05) is 13.1 Å². The Morgan fingerprint density at radius 3 is 2.53 bits per heavy atom. The van der Waals surface area contributed by atoms with Crippen LogP contribution in [0.15, 0.2) is 66.0 Å². The average molecular weight is 538 g/mol. The van der Waals surface area contributed by atoms with E-state index in [-0.39, 0.29) is 36.1 Å². The molecule has 0 aliphatic carbocycles. The number of rotatable bonds is 8. The minimum Gasteiger partial charge on any atom is -0.344 e. The zero-order chi connectivity index (χ0) is 27.3. The molecule has 0 radical (unpaired) electrons. The van der Waals surface area contributed by atoms with E-state index < -0.39 is 39.7 Å². The van der Waals surface area contributed by atoms with Gasteiger partial charge in [0, 0.05) is 24.3 Å². The lowest BCUT2D eigenvalue weighted by Gasteiger charge is -2.23. The van der Waals surface area contributed by atoms with E-state index in [2.05, 4.69) is 20.6 Å². The van der Waals surface area contributed by atoms with Gasteiger partial charge in [-0.05, 0) is 48.8 Å². The third kappa shape index (κ3) is 6.40. The Balaban J connectivity index is 1.44. The molecule has 2 amide bonds. The van der Waals surface area contributed by atoms with E-state index in [1.165, 1.54) is 12.3 Å². The average Bonchev–Trinajstić information content (AvgIpc) is 3.09. The highest BCUT2D eigenvalue weighted by Crippen LogP contribution is 2.18. The van der Waals surface area contributed by atoms with Gasteiger partial charge in [-0.15, -0.1) is 0 Å². The standard InChI is InChI=1S/C27H31N5O5S/c1-18(2)14-23(31-26(34)22-15-19-8-3-4-9-20(19)16-29-22)27(35)30-21-10-7-13-32(17-24(21)33)38(36,37)25-11-5-6-12-28-25/h3-6,8-9,11-12,15-16,18,21,23H,7,10,13-14,17H2,1-2H3,(H,30,35)(H,31,34)/t21-,23?/m0/s1. The first-order valence-electron chi connectivity index (χ1n) is 12.5. The van der Waals surface area contributed by atoms with Crippen LogP contribution in [0.3, 0.4) is 0 Å². The molecule has 2 N–H and O–H groups in total. The number of fused-ring (bicyclic) bond motifs is 1. The molecule has 2 aromatic heterocycles. The summed E-state index contributed by atoms with van der Waals surface area (Å²) in [6.07, 6.45) is 4.01. The van der Waals surface area contributed by atoms with Gasteiger partial charge in [0.2, 0.25) is 5.91 Å². The molecule has 2 atom stereocenters. The molecule has 10 nitrogen and oxygen atoms in total. The maximum Gasteiger partial charge on any atom is 0.270 e. The fraction of sp³-hybridized carbons (Fsp3) is 0.370. The molecule has 200 valence electrons. The Bertz CT molecular complexity index is 1430. The third-order valence-electron chi connectivity index (χ3n) is 6.37. The van der Waals surface area contributed by atoms with Crippen molar-refractivity contribution in [2.24, 2.45) is 5.92 Å². The van der Waals surface area contributed by atoms with Crippen LogP contribution >= 0.6 is 0 Å². The van der Waals surface area contributed by atoms with Gasteiger partial charge in [0.05, 0.1) is 12.6 Å². The number of carbonyl (C=O) groups is 3. The number of aromatic nitrogens is 2. The van der Waals surface area contributed by atoms with Gasteiger partial charge in [0.25, 0.3) is 15.9 Å². The number of nitrogens with one attached hydrogen (secondary N) is 2. The second kappa shape index (κ2) is 11.8. The van der Waals surface area contributed by atoms with Crippen LogP contribution < -0.4 is 10.6 Å². The zero-order valence-electron chi connectivity index (χ0n) is 21.3. The summed E-state index contributed by atoms with van der Waals surface area (Å²) < 4.78 is 27.0. The summed E-state index contributed by atoms with van der Waals surface area (Å²) in [5.41, 5.74) is 0.186. The molecule has 11 heteroatoms. The molecule has 38 heavy (non-hydrogen) atoms. The lowest BCUT2D eigenvalue weighted by molar-refractivity contribution is -0.129. The van der Waals surface area contributed by atoms with Crippen molar-refractivity contribution in [3.8, 4) is 0 Å². The number of nitrogens with zero attached hydrogens (tertiary/aromatic N) is 3. The first kappa shape index (κ1) is 27.3. The van der Waals surface area contributed by atoms with Crippen molar-refractivity contribution in [3.05, 3.63) is 66.6 Å². The molecule has 1 aromatic carbocycles. The smallest absolute Gasteiger partial charge is 0.270 e. The number of hydrogen-bond acceptors (Lipinski definition) is 7. The lowest BCUT2D eigenvalue weighted by Crippen LogP contribution is -2.52. The van der Waals surface area contributed by atoms with Crippen LogP contribution in [0.5, 0.6) is 0 Å². The molecule has 3 aromatic rings. The van der Waals surface area contributed by atoms with Gasteiger partial charge >= 0.3 is 0 Å². The quantitative estimate of drug-likeness (QED) is 0.450. The molecule has 3 heterocycles. The Morgan fingerprint density at radius 1 is 1.08 bits per heavy atom. The number of pyridine rings is 2. The molecular formula is C27H31N5O5S. The summed E-state index contributed by atoms with van der Waals surface area (Å²) in [6, 6.07) is 12.0. The summed E-state index contributed by atoms with van der Waals surface area (Å²) in [5, 5.41) is 7.14. The minimum atomic E-state index is -3.94. The molecular weight excluding hydrogens is 506 g/mol. The largest absolute Gasteiger partial charge is 0.344 e. The SMILES string of the molecule is CC(C)CC(NC(=O)c1cc2ccccc2cn1)C(=O)N[C@H]1CCCN(S(=O)(=O)c2ccccn2)CC1=O. The van der Waals surface area contributed by atoms with Gasteiger partial charge in [-0.25, -0.2) is 13.4 Å². The number of carbonyl (C=O) groups excluding carboxylic acids is 3. The molecule has 1 fully saturated rings. The van der Waals surface area contributed by atoms with E-state index >= 15 is 0 Å². The highest BCUT2D eigenvalue weighted by molar-refractivity contribution is 7.89. The molecule has 0 bridgehead atoms. The fourth-order valence-corrected chi connectivity index (χ4v) is 5.78. The van der Waals surface area contributed by atoms with Crippen molar-refractivity contribution in [3.63, 3.8) is 0 Å². The number of Topliss-reactive ketones (excluding diaryl/α,β-unsaturated/α-hetero) is 1. The summed E-state index contributed by atoms with van der Waals surface area (Å²) in [4.78, 5) is 47.4. The first-order valence-corrected chi connectivity index (χ1v) is 14.0. The predicted octanol–water partition coefficient (Wildman–Crippen LogP) is 2.31. The van der Waals surface area contributed by atoms with Gasteiger partial charge in [-0.1, -0.05) is 44.2 Å². The molecule has 1 saturated heterocycles. The Morgan fingerprint density at radius 2 is 1.82 bits per heavy atom. The molecule has 0 saturated carbocycles. The number of ketones is 1. The maximum absolute atomic E-state index is 13.2. The van der Waals surface area contributed by atoms with Crippen molar-refractivity contribution < 1.29 is 22.8 Å². The van der Waals surface area contributed by atoms with E-state index in [4.69, 9.17) is 0 Å². The number of benzene rings is 1. The second-order valence-corrected chi connectivity index (χ2v) is 11.6. The predicted molar refractivity (Wildman–Crippen MR) is 142 cm³/mol. The number of amides is 2. The summed E-state index contributed by atoms with van der Waals surface area (Å²) in [6.45, 7) is 3.62. The van der Waals surface area contributed by atoms with Crippen molar-refractivity contribution in [1.82, 2.24) is 24.9 Å². The summed E-state index contributed by atoms with van der Waals surface area (Å²) in [5.74, 6) is -1.32. The summed E-state index contributed by atoms with van der Waals surface area (Å²) in [7, 11) is -3.94. The van der Waals surface area contributed by atoms with Crippen molar-refractivity contribution >= 4 is 38.4 Å². The van der Waals surface area contributed by atoms with Crippen LogP contribution in [0.4, 0.5) is 0 Å². The molecule has 1 aliphatic rings. The lowest BCUT2D eigenvalue weighted by atomic mass is 10.0. The van der Waals surface area contributed by atoms with Gasteiger partial charge in [-0.2, -0.15) is 4.31 Å². The highest BCUT2D eigenvalue weighted by Gasteiger charge is 2.35. The van der Waals surface area contributed by atoms with E-state index in [1.807, 2.05) is 38.1 Å². The molecule has 1 aliphatic heterocycles. The number of sulfonamides is 1. The number of hydrogen-bond donors (Lipinski definition) is 2. The van der Waals surface area contributed by atoms with Gasteiger partial charge < -0.3 is 10.6 Å². The van der Waals surface area contributed by atoms with E-state index in [9.17, 15) is 22.8 Å². The topological polar surface area (TPSA) is 138 Å². The van der Waals surface area contributed by atoms with E-state index in [0.29, 0.717) is 12.8 Å². The van der Waals surface area contributed by atoms with Gasteiger partial charge in [0.15, 0.2) is 10.8 Å². The third-order valence-corrected chi connectivity index (χ3v) is 8.13. The van der Waals surface area contributed by atoms with Crippen LogP contribution in [-0.2, 0) is 19.6 Å².